The third-order valence-corrected chi connectivity index (χ3v) is 5.61. The standard InChI is InChI=1S/C12H19N5O9P2/c1-13-10-9-11(15-5-14-10)17(6-16-9)7-2-8(25-27(19,20)21)12(3-7,4-18)26-28(22,23)24/h5-8,18H,2-4H2,1H3,(H,13,14,15)(H2,19,20,21)(H2,22,23,24)/t7-,8-,12-/m0/s1. The Morgan fingerprint density at radius 1 is 1.25 bits per heavy atom. The number of imidazole rings is 1. The first-order chi connectivity index (χ1) is 13.0. The molecule has 156 valence electrons. The first-order valence-electron chi connectivity index (χ1n) is 7.94. The molecule has 0 amide bonds. The molecule has 2 aromatic rings. The van der Waals surface area contributed by atoms with Crippen LogP contribution >= 0.6 is 15.6 Å². The number of anilines is 1. The Balaban J connectivity index is 2.02. The van der Waals surface area contributed by atoms with E-state index >= 15 is 0 Å². The van der Waals surface area contributed by atoms with Crippen molar-refractivity contribution in [3.05, 3.63) is 12.7 Å². The summed E-state index contributed by atoms with van der Waals surface area (Å²) >= 11 is 0. The van der Waals surface area contributed by atoms with Crippen molar-refractivity contribution in [2.24, 2.45) is 0 Å². The predicted octanol–water partition coefficient (Wildman–Crippen LogP) is -0.479. The van der Waals surface area contributed by atoms with E-state index in [9.17, 15) is 33.8 Å². The van der Waals surface area contributed by atoms with E-state index < -0.39 is 40.0 Å². The van der Waals surface area contributed by atoms with Crippen molar-refractivity contribution in [2.75, 3.05) is 19.0 Å². The molecule has 1 fully saturated rings. The Morgan fingerprint density at radius 2 is 1.96 bits per heavy atom. The maximum Gasteiger partial charge on any atom is 0.470 e. The van der Waals surface area contributed by atoms with Crippen molar-refractivity contribution in [2.45, 2.75) is 30.6 Å². The molecule has 14 nitrogen and oxygen atoms in total. The fourth-order valence-electron chi connectivity index (χ4n) is 3.42. The number of hydrogen-bond donors (Lipinski definition) is 6. The lowest BCUT2D eigenvalue weighted by atomic mass is 10.0. The lowest BCUT2D eigenvalue weighted by Crippen LogP contribution is -2.44. The van der Waals surface area contributed by atoms with Crippen molar-refractivity contribution < 1.29 is 42.9 Å². The van der Waals surface area contributed by atoms with E-state index in [4.69, 9.17) is 9.05 Å². The Bertz CT molecular complexity index is 958. The van der Waals surface area contributed by atoms with Gasteiger partial charge in [0.05, 0.1) is 12.9 Å². The van der Waals surface area contributed by atoms with Crippen LogP contribution in [0.15, 0.2) is 12.7 Å². The highest BCUT2D eigenvalue weighted by molar-refractivity contribution is 7.46. The summed E-state index contributed by atoms with van der Waals surface area (Å²) in [6.07, 6.45) is 0.847. The maximum atomic E-state index is 11.4. The molecule has 1 saturated carbocycles. The first-order valence-corrected chi connectivity index (χ1v) is 11.0. The molecule has 0 aliphatic heterocycles. The minimum Gasteiger partial charge on any atom is -0.393 e. The van der Waals surface area contributed by atoms with Crippen LogP contribution in [-0.2, 0) is 18.2 Å². The van der Waals surface area contributed by atoms with Crippen LogP contribution in [0.1, 0.15) is 18.9 Å². The highest BCUT2D eigenvalue weighted by Crippen LogP contribution is 2.55. The molecular formula is C12H19N5O9P2. The van der Waals surface area contributed by atoms with Gasteiger partial charge >= 0.3 is 15.6 Å². The van der Waals surface area contributed by atoms with Crippen LogP contribution < -0.4 is 5.32 Å². The van der Waals surface area contributed by atoms with Crippen LogP contribution in [0.2, 0.25) is 0 Å². The fraction of sp³-hybridized carbons (Fsp3) is 0.583. The molecule has 28 heavy (non-hydrogen) atoms. The van der Waals surface area contributed by atoms with E-state index in [0.717, 1.165) is 0 Å². The number of rotatable bonds is 7. The SMILES string of the molecule is CNc1ncnc2c1ncn2[C@H]1C[C@H](OP(=O)(O)O)[C@](CO)(OP(=O)(O)O)C1. The highest BCUT2D eigenvalue weighted by Gasteiger charge is 2.55. The predicted molar refractivity (Wildman–Crippen MR) is 93.0 cm³/mol. The van der Waals surface area contributed by atoms with E-state index in [2.05, 4.69) is 20.3 Å². The number of nitrogens with zero attached hydrogens (tertiary/aromatic N) is 4. The van der Waals surface area contributed by atoms with Crippen LogP contribution in [-0.4, -0.2) is 69.6 Å². The fourth-order valence-corrected chi connectivity index (χ4v) is 4.76. The van der Waals surface area contributed by atoms with Gasteiger partial charge in [0, 0.05) is 19.5 Å². The minimum atomic E-state index is -5.12. The van der Waals surface area contributed by atoms with Gasteiger partial charge in [-0.1, -0.05) is 0 Å². The number of nitrogens with one attached hydrogen (secondary N) is 1. The van der Waals surface area contributed by atoms with Gasteiger partial charge in [-0.2, -0.15) is 0 Å². The number of hydrogen-bond acceptors (Lipinski definition) is 9. The summed E-state index contributed by atoms with van der Waals surface area (Å²) in [4.78, 5) is 49.2. The topological polar surface area (TPSA) is 209 Å². The molecule has 6 N–H and O–H groups in total. The first kappa shape index (κ1) is 21.2. The largest absolute Gasteiger partial charge is 0.470 e. The normalized spacial score (nSPS) is 26.1. The van der Waals surface area contributed by atoms with Crippen molar-refractivity contribution in [1.82, 2.24) is 19.5 Å². The molecule has 1 aliphatic rings. The second kappa shape index (κ2) is 7.41. The van der Waals surface area contributed by atoms with E-state index in [1.54, 1.807) is 11.6 Å². The van der Waals surface area contributed by atoms with Gasteiger partial charge in [-0.3, -0.25) is 9.05 Å². The van der Waals surface area contributed by atoms with Crippen LogP contribution in [0.3, 0.4) is 0 Å². The van der Waals surface area contributed by atoms with Crippen molar-refractivity contribution in [1.29, 1.82) is 0 Å². The molecule has 0 aromatic carbocycles. The summed E-state index contributed by atoms with van der Waals surface area (Å²) in [6, 6.07) is -0.639. The third kappa shape index (κ3) is 4.25. The number of phosphoric acid groups is 2. The molecule has 2 aromatic heterocycles. The smallest absolute Gasteiger partial charge is 0.393 e. The number of aliphatic hydroxyl groups is 1. The molecule has 0 spiro atoms. The average molecular weight is 439 g/mol. The van der Waals surface area contributed by atoms with Gasteiger partial charge in [-0.25, -0.2) is 24.1 Å². The Labute approximate surface area is 158 Å². The van der Waals surface area contributed by atoms with Gasteiger partial charge in [0.1, 0.15) is 23.5 Å². The van der Waals surface area contributed by atoms with Gasteiger partial charge in [-0.05, 0) is 6.42 Å². The quantitative estimate of drug-likeness (QED) is 0.302. The van der Waals surface area contributed by atoms with Crippen LogP contribution in [0.25, 0.3) is 11.2 Å². The Hall–Kier alpha value is -1.47. The Morgan fingerprint density at radius 3 is 2.54 bits per heavy atom. The zero-order chi connectivity index (χ0) is 20.7. The van der Waals surface area contributed by atoms with Gasteiger partial charge in [0.2, 0.25) is 0 Å². The molecule has 2 heterocycles. The van der Waals surface area contributed by atoms with Crippen LogP contribution in [0, 0.1) is 0 Å². The van der Waals surface area contributed by atoms with Crippen LogP contribution in [0.4, 0.5) is 5.82 Å². The van der Waals surface area contributed by atoms with E-state index in [-0.39, 0.29) is 12.8 Å². The van der Waals surface area contributed by atoms with E-state index in [0.29, 0.717) is 17.0 Å². The molecule has 3 rings (SSSR count). The molecular weight excluding hydrogens is 420 g/mol. The average Bonchev–Trinajstić information content (AvgIpc) is 3.14. The lowest BCUT2D eigenvalue weighted by Gasteiger charge is -2.32. The lowest BCUT2D eigenvalue weighted by molar-refractivity contribution is -0.0774. The van der Waals surface area contributed by atoms with Crippen molar-refractivity contribution in [3.63, 3.8) is 0 Å². The second-order valence-electron chi connectivity index (χ2n) is 6.28. The zero-order valence-corrected chi connectivity index (χ0v) is 16.3. The number of aliphatic hydroxyl groups excluding tert-OH is 1. The zero-order valence-electron chi connectivity index (χ0n) is 14.5. The molecule has 0 radical (unpaired) electrons. The van der Waals surface area contributed by atoms with Crippen molar-refractivity contribution in [3.8, 4) is 0 Å². The summed E-state index contributed by atoms with van der Waals surface area (Å²) in [6.45, 7) is -0.942. The highest BCUT2D eigenvalue weighted by atomic mass is 31.2. The van der Waals surface area contributed by atoms with Crippen LogP contribution in [0.5, 0.6) is 0 Å². The van der Waals surface area contributed by atoms with E-state index in [1.807, 2.05) is 0 Å². The van der Waals surface area contributed by atoms with Crippen molar-refractivity contribution >= 4 is 32.6 Å². The van der Waals surface area contributed by atoms with Gasteiger partial charge in [0.15, 0.2) is 11.5 Å². The number of fused-ring (bicyclic) bond motifs is 1. The third-order valence-electron chi connectivity index (χ3n) is 4.48. The summed E-state index contributed by atoms with van der Waals surface area (Å²) < 4.78 is 33.7. The summed E-state index contributed by atoms with van der Waals surface area (Å²) in [7, 11) is -8.52. The molecule has 1 aliphatic carbocycles. The molecule has 0 bridgehead atoms. The number of phosphoric ester groups is 2. The van der Waals surface area contributed by atoms with Gasteiger partial charge < -0.3 is 34.6 Å². The molecule has 16 heteroatoms. The van der Waals surface area contributed by atoms with Gasteiger partial charge in [-0.15, -0.1) is 0 Å². The van der Waals surface area contributed by atoms with Gasteiger partial charge in [0.25, 0.3) is 0 Å². The molecule has 3 atom stereocenters. The number of aromatic nitrogens is 4. The summed E-state index contributed by atoms with van der Waals surface area (Å²) in [5.74, 6) is 0.449. The summed E-state index contributed by atoms with van der Waals surface area (Å²) in [5.41, 5.74) is -1.24. The van der Waals surface area contributed by atoms with E-state index in [1.165, 1.54) is 12.7 Å². The minimum absolute atomic E-state index is 0.129. The second-order valence-corrected chi connectivity index (χ2v) is 8.64. The Kier molecular flexibility index (Phi) is 5.62. The molecule has 0 unspecified atom stereocenters. The molecule has 0 saturated heterocycles. The maximum absolute atomic E-state index is 11.4. The summed E-state index contributed by atoms with van der Waals surface area (Å²) in [5, 5.41) is 12.6. The monoisotopic (exact) mass is 439 g/mol.